The Balaban J connectivity index is 2.28. The Hall–Kier alpha value is -0.840. The molecule has 1 aromatic heterocycles. The maximum absolute atomic E-state index is 9.93. The van der Waals surface area contributed by atoms with Crippen LogP contribution in [-0.2, 0) is 24.8 Å². The highest BCUT2D eigenvalue weighted by Gasteiger charge is 2.19. The first-order valence-corrected chi connectivity index (χ1v) is 5.31. The van der Waals surface area contributed by atoms with Crippen LogP contribution in [0.3, 0.4) is 0 Å². The van der Waals surface area contributed by atoms with Gasteiger partial charge in [-0.3, -0.25) is 0 Å². The summed E-state index contributed by atoms with van der Waals surface area (Å²) in [6.07, 6.45) is 0.503. The van der Waals surface area contributed by atoms with Crippen LogP contribution < -0.4 is 5.32 Å². The predicted octanol–water partition coefficient (Wildman–Crippen LogP) is 0.351. The Morgan fingerprint density at radius 2 is 2.47 bits per heavy atom. The number of aliphatic hydroxyl groups is 1. The molecule has 0 radical (unpaired) electrons. The minimum absolute atomic E-state index is 0.439. The average molecular weight is 210 g/mol. The smallest absolute Gasteiger partial charge is 0.106 e. The second kappa shape index (κ2) is 4.35. The third-order valence-corrected chi connectivity index (χ3v) is 2.96. The number of likely N-dealkylation sites (N-methyl/N-ethyl adjacent to an activating group) is 1. The van der Waals surface area contributed by atoms with Crippen LogP contribution >= 0.6 is 0 Å². The molecule has 1 unspecified atom stereocenters. The Morgan fingerprint density at radius 1 is 1.67 bits per heavy atom. The molecule has 0 saturated carbocycles. The van der Waals surface area contributed by atoms with E-state index in [2.05, 4.69) is 16.0 Å². The summed E-state index contributed by atoms with van der Waals surface area (Å²) in [7, 11) is 3.85. The van der Waals surface area contributed by atoms with E-state index >= 15 is 0 Å². The summed E-state index contributed by atoms with van der Waals surface area (Å²) in [6.45, 7) is 2.04. The zero-order valence-electron chi connectivity index (χ0n) is 9.29. The third-order valence-electron chi connectivity index (χ3n) is 2.96. The fourth-order valence-electron chi connectivity index (χ4n) is 2.15. The van der Waals surface area contributed by atoms with Gasteiger partial charge in [-0.1, -0.05) is 0 Å². The lowest BCUT2D eigenvalue weighted by Crippen LogP contribution is -2.19. The molecular formula is C11H18N2O2. The molecule has 0 saturated heterocycles. The first-order chi connectivity index (χ1) is 7.24. The lowest BCUT2D eigenvalue weighted by Gasteiger charge is -2.15. The van der Waals surface area contributed by atoms with Crippen LogP contribution in [0.4, 0.5) is 0 Å². The van der Waals surface area contributed by atoms with E-state index in [0.29, 0.717) is 13.2 Å². The molecule has 4 heteroatoms. The van der Waals surface area contributed by atoms with Gasteiger partial charge in [-0.2, -0.15) is 0 Å². The van der Waals surface area contributed by atoms with Crippen molar-refractivity contribution in [3.63, 3.8) is 0 Å². The molecule has 0 aliphatic carbocycles. The molecule has 0 aromatic carbocycles. The summed E-state index contributed by atoms with van der Waals surface area (Å²) in [4.78, 5) is 0. The second-order valence-corrected chi connectivity index (χ2v) is 3.98. The van der Waals surface area contributed by atoms with Gasteiger partial charge >= 0.3 is 0 Å². The van der Waals surface area contributed by atoms with Crippen molar-refractivity contribution >= 4 is 0 Å². The molecule has 1 aromatic rings. The zero-order chi connectivity index (χ0) is 10.8. The highest BCUT2D eigenvalue weighted by molar-refractivity contribution is 5.30. The van der Waals surface area contributed by atoms with E-state index in [1.54, 1.807) is 0 Å². The molecule has 84 valence electrons. The minimum atomic E-state index is -0.439. The molecule has 1 aliphatic rings. The van der Waals surface area contributed by atoms with Crippen LogP contribution in [0.5, 0.6) is 0 Å². The number of nitrogens with zero attached hydrogens (tertiary/aromatic N) is 1. The standard InChI is InChI=1S/C11H18N2O2/c1-12-6-11(14)10-5-8-7-15-4-3-9(8)13(10)2/h5,11-12,14H,3-4,6-7H2,1-2H3. The average Bonchev–Trinajstić information content (AvgIpc) is 2.57. The summed E-state index contributed by atoms with van der Waals surface area (Å²) in [5.74, 6) is 0. The number of aromatic nitrogens is 1. The summed E-state index contributed by atoms with van der Waals surface area (Å²) < 4.78 is 7.49. The maximum atomic E-state index is 9.93. The molecular weight excluding hydrogens is 192 g/mol. The summed E-state index contributed by atoms with van der Waals surface area (Å²) in [5, 5.41) is 12.9. The van der Waals surface area contributed by atoms with E-state index in [0.717, 1.165) is 18.7 Å². The first-order valence-electron chi connectivity index (χ1n) is 5.31. The van der Waals surface area contributed by atoms with Crippen LogP contribution in [-0.4, -0.2) is 29.9 Å². The Kier molecular flexibility index (Phi) is 3.09. The van der Waals surface area contributed by atoms with Crippen LogP contribution in [0.2, 0.25) is 0 Å². The van der Waals surface area contributed by atoms with Crippen molar-refractivity contribution in [2.45, 2.75) is 19.1 Å². The Morgan fingerprint density at radius 3 is 3.13 bits per heavy atom. The summed E-state index contributed by atoms with van der Waals surface area (Å²) >= 11 is 0. The Labute approximate surface area is 89.9 Å². The van der Waals surface area contributed by atoms with Crippen molar-refractivity contribution < 1.29 is 9.84 Å². The summed E-state index contributed by atoms with van der Waals surface area (Å²) in [5.41, 5.74) is 3.49. The van der Waals surface area contributed by atoms with Gasteiger partial charge in [0.2, 0.25) is 0 Å². The molecule has 2 rings (SSSR count). The highest BCUT2D eigenvalue weighted by atomic mass is 16.5. The monoisotopic (exact) mass is 210 g/mol. The van der Waals surface area contributed by atoms with Gasteiger partial charge in [0.05, 0.1) is 13.2 Å². The lowest BCUT2D eigenvalue weighted by molar-refractivity contribution is 0.109. The minimum Gasteiger partial charge on any atom is -0.386 e. The van der Waals surface area contributed by atoms with E-state index in [1.807, 2.05) is 14.1 Å². The van der Waals surface area contributed by atoms with E-state index in [4.69, 9.17) is 4.74 Å². The van der Waals surface area contributed by atoms with Gasteiger partial charge in [-0.15, -0.1) is 0 Å². The van der Waals surface area contributed by atoms with Crippen LogP contribution in [0.15, 0.2) is 6.07 Å². The topological polar surface area (TPSA) is 46.4 Å². The molecule has 2 N–H and O–H groups in total. The van der Waals surface area contributed by atoms with Gasteiger partial charge in [0.1, 0.15) is 6.10 Å². The Bertz CT molecular complexity index is 347. The van der Waals surface area contributed by atoms with Crippen molar-refractivity contribution in [3.05, 3.63) is 23.0 Å². The molecule has 1 atom stereocenters. The number of ether oxygens (including phenoxy) is 1. The molecule has 15 heavy (non-hydrogen) atoms. The first kappa shape index (κ1) is 10.7. The third kappa shape index (κ3) is 1.93. The zero-order valence-corrected chi connectivity index (χ0v) is 9.29. The number of hydrogen-bond donors (Lipinski definition) is 2. The number of aliphatic hydroxyl groups excluding tert-OH is 1. The van der Waals surface area contributed by atoms with E-state index in [-0.39, 0.29) is 0 Å². The van der Waals surface area contributed by atoms with Crippen molar-refractivity contribution in [1.82, 2.24) is 9.88 Å². The number of nitrogens with one attached hydrogen (secondary N) is 1. The summed E-state index contributed by atoms with van der Waals surface area (Å²) in [6, 6.07) is 2.05. The van der Waals surface area contributed by atoms with Crippen LogP contribution in [0.1, 0.15) is 23.1 Å². The van der Waals surface area contributed by atoms with Gasteiger partial charge in [-0.25, -0.2) is 0 Å². The second-order valence-electron chi connectivity index (χ2n) is 3.98. The SMILES string of the molecule is CNCC(O)c1cc2c(n1C)CCOC2. The number of rotatable bonds is 3. The molecule has 0 spiro atoms. The van der Waals surface area contributed by atoms with Gasteiger partial charge in [0, 0.05) is 31.4 Å². The molecule has 0 amide bonds. The highest BCUT2D eigenvalue weighted by Crippen LogP contribution is 2.24. The largest absolute Gasteiger partial charge is 0.386 e. The molecule has 2 heterocycles. The van der Waals surface area contributed by atoms with Gasteiger partial charge in [0.15, 0.2) is 0 Å². The molecule has 0 bridgehead atoms. The fourth-order valence-corrected chi connectivity index (χ4v) is 2.15. The van der Waals surface area contributed by atoms with Crippen molar-refractivity contribution in [3.8, 4) is 0 Å². The number of fused-ring (bicyclic) bond motifs is 1. The van der Waals surface area contributed by atoms with Crippen LogP contribution in [0.25, 0.3) is 0 Å². The van der Waals surface area contributed by atoms with Crippen molar-refractivity contribution in [1.29, 1.82) is 0 Å². The maximum Gasteiger partial charge on any atom is 0.106 e. The van der Waals surface area contributed by atoms with Crippen molar-refractivity contribution in [2.75, 3.05) is 20.2 Å². The predicted molar refractivity (Wildman–Crippen MR) is 57.7 cm³/mol. The molecule has 4 nitrogen and oxygen atoms in total. The lowest BCUT2D eigenvalue weighted by atomic mass is 10.1. The van der Waals surface area contributed by atoms with Gasteiger partial charge in [0.25, 0.3) is 0 Å². The fraction of sp³-hybridized carbons (Fsp3) is 0.636. The van der Waals surface area contributed by atoms with Crippen molar-refractivity contribution in [2.24, 2.45) is 7.05 Å². The molecule has 1 aliphatic heterocycles. The van der Waals surface area contributed by atoms with Gasteiger partial charge in [-0.05, 0) is 18.7 Å². The quantitative estimate of drug-likeness (QED) is 0.757. The van der Waals surface area contributed by atoms with Gasteiger partial charge < -0.3 is 19.7 Å². The van der Waals surface area contributed by atoms with E-state index in [1.165, 1.54) is 11.3 Å². The number of hydrogen-bond acceptors (Lipinski definition) is 3. The van der Waals surface area contributed by atoms with E-state index in [9.17, 15) is 5.11 Å². The molecule has 0 fully saturated rings. The van der Waals surface area contributed by atoms with E-state index < -0.39 is 6.10 Å². The van der Waals surface area contributed by atoms with Crippen LogP contribution in [0, 0.1) is 0 Å². The normalized spacial score (nSPS) is 17.5.